The first-order valence-electron chi connectivity index (χ1n) is 10.7. The van der Waals surface area contributed by atoms with Crippen LogP contribution in [0.1, 0.15) is 31.4 Å². The van der Waals surface area contributed by atoms with Crippen molar-refractivity contribution in [3.63, 3.8) is 0 Å². The Bertz CT molecular complexity index is 951. The van der Waals surface area contributed by atoms with Gasteiger partial charge in [-0.25, -0.2) is 4.39 Å². The fourth-order valence-corrected chi connectivity index (χ4v) is 4.38. The Morgan fingerprint density at radius 2 is 2.17 bits per heavy atom. The third-order valence-electron chi connectivity index (χ3n) is 5.83. The molecule has 2 atom stereocenters. The molecule has 0 unspecified atom stereocenters. The summed E-state index contributed by atoms with van der Waals surface area (Å²) < 4.78 is 16.5. The predicted molar refractivity (Wildman–Crippen MR) is 116 cm³/mol. The van der Waals surface area contributed by atoms with Gasteiger partial charge in [0.2, 0.25) is 0 Å². The van der Waals surface area contributed by atoms with Crippen LogP contribution in [0.2, 0.25) is 0 Å². The van der Waals surface area contributed by atoms with E-state index in [2.05, 4.69) is 46.3 Å². The van der Waals surface area contributed by atoms with Crippen LogP contribution < -0.4 is 5.32 Å². The highest BCUT2D eigenvalue weighted by Crippen LogP contribution is 2.25. The smallest absolute Gasteiger partial charge is 0.270 e. The maximum Gasteiger partial charge on any atom is 0.270 e. The molecule has 2 aliphatic rings. The largest absolute Gasteiger partial charge is 0.345 e. The molecule has 1 saturated heterocycles. The lowest BCUT2D eigenvalue weighted by atomic mass is 9.93. The number of alkyl halides is 1. The Morgan fingerprint density at radius 1 is 1.33 bits per heavy atom. The highest BCUT2D eigenvalue weighted by Gasteiger charge is 2.32. The number of amides is 1. The molecular formula is C23H30FN5O. The van der Waals surface area contributed by atoms with E-state index in [4.69, 9.17) is 0 Å². The standard InChI is InChI=1S/C23H30FN5O/c1-15(2)12-29-9-7-21(20(24)14-29)27-23(30)22-19-10-17(18-11-26-28(3)13-18)5-4-16(19)6-8-25-22/h4-5,10-11,13,15,20-21H,6-9,12,14H2,1-3H3,(H,27,30)/t20-,21+/m0/s1. The van der Waals surface area contributed by atoms with E-state index >= 15 is 0 Å². The number of fused-ring (bicyclic) bond motifs is 1. The third-order valence-corrected chi connectivity index (χ3v) is 5.83. The van der Waals surface area contributed by atoms with Crippen LogP contribution in [0.15, 0.2) is 35.6 Å². The van der Waals surface area contributed by atoms with Gasteiger partial charge in [-0.05, 0) is 36.0 Å². The predicted octanol–water partition coefficient (Wildman–Crippen LogP) is 2.62. The maximum absolute atomic E-state index is 14.8. The van der Waals surface area contributed by atoms with Crippen molar-refractivity contribution in [1.82, 2.24) is 20.0 Å². The quantitative estimate of drug-likeness (QED) is 0.823. The molecule has 1 aromatic heterocycles. The Morgan fingerprint density at radius 3 is 2.87 bits per heavy atom. The summed E-state index contributed by atoms with van der Waals surface area (Å²) in [6, 6.07) is 5.65. The lowest BCUT2D eigenvalue weighted by Gasteiger charge is -2.36. The molecule has 160 valence electrons. The number of piperidine rings is 1. The third kappa shape index (κ3) is 4.46. The van der Waals surface area contributed by atoms with Gasteiger partial charge in [0.05, 0.1) is 12.2 Å². The van der Waals surface area contributed by atoms with E-state index in [-0.39, 0.29) is 5.91 Å². The van der Waals surface area contributed by atoms with E-state index in [1.807, 2.05) is 19.3 Å². The number of aryl methyl sites for hydroxylation is 1. The number of benzene rings is 1. The van der Waals surface area contributed by atoms with Gasteiger partial charge in [-0.3, -0.25) is 14.5 Å². The van der Waals surface area contributed by atoms with Crippen molar-refractivity contribution in [2.24, 2.45) is 18.0 Å². The number of rotatable bonds is 5. The van der Waals surface area contributed by atoms with Crippen LogP contribution in [-0.4, -0.2) is 64.7 Å². The number of likely N-dealkylation sites (tertiary alicyclic amines) is 1. The van der Waals surface area contributed by atoms with Gasteiger partial charge in [-0.2, -0.15) is 5.10 Å². The number of halogens is 1. The van der Waals surface area contributed by atoms with E-state index in [1.54, 1.807) is 10.9 Å². The lowest BCUT2D eigenvalue weighted by Crippen LogP contribution is -2.54. The van der Waals surface area contributed by atoms with Gasteiger partial charge in [-0.15, -0.1) is 0 Å². The first kappa shape index (κ1) is 20.7. The van der Waals surface area contributed by atoms with Crippen LogP contribution in [0, 0.1) is 5.92 Å². The minimum Gasteiger partial charge on any atom is -0.345 e. The second-order valence-corrected chi connectivity index (χ2v) is 8.79. The summed E-state index contributed by atoms with van der Waals surface area (Å²) >= 11 is 0. The van der Waals surface area contributed by atoms with Crippen molar-refractivity contribution < 1.29 is 9.18 Å². The summed E-state index contributed by atoms with van der Waals surface area (Å²) in [6.45, 7) is 6.92. The monoisotopic (exact) mass is 411 g/mol. The van der Waals surface area contributed by atoms with Crippen LogP contribution in [-0.2, 0) is 18.3 Å². The number of hydrogen-bond donors (Lipinski definition) is 1. The topological polar surface area (TPSA) is 62.5 Å². The molecule has 4 rings (SSSR count). The molecule has 2 aromatic rings. The number of nitrogens with one attached hydrogen (secondary N) is 1. The van der Waals surface area contributed by atoms with Gasteiger partial charge in [0.1, 0.15) is 11.9 Å². The van der Waals surface area contributed by atoms with Crippen LogP contribution in [0.25, 0.3) is 11.1 Å². The minimum atomic E-state index is -1.06. The van der Waals surface area contributed by atoms with Crippen LogP contribution in [0.4, 0.5) is 4.39 Å². The number of nitrogens with zero attached hydrogens (tertiary/aromatic N) is 4. The molecule has 0 radical (unpaired) electrons. The normalized spacial score (nSPS) is 22.0. The van der Waals surface area contributed by atoms with Crippen molar-refractivity contribution in [3.8, 4) is 11.1 Å². The highest BCUT2D eigenvalue weighted by atomic mass is 19.1. The minimum absolute atomic E-state index is 0.274. The van der Waals surface area contributed by atoms with E-state index in [9.17, 15) is 9.18 Å². The van der Waals surface area contributed by atoms with Gasteiger partial charge in [0.25, 0.3) is 5.91 Å². The molecule has 0 bridgehead atoms. The lowest BCUT2D eigenvalue weighted by molar-refractivity contribution is -0.116. The number of aromatic nitrogens is 2. The molecule has 7 heteroatoms. The molecule has 1 fully saturated rings. The number of aliphatic imine (C=N–C) groups is 1. The number of hydrogen-bond acceptors (Lipinski definition) is 4. The SMILES string of the molecule is CC(C)CN1CC[C@@H](NC(=O)C2=NCCc3ccc(-c4cnn(C)c4)cc32)[C@@H](F)C1. The van der Waals surface area contributed by atoms with Crippen molar-refractivity contribution in [1.29, 1.82) is 0 Å². The molecule has 30 heavy (non-hydrogen) atoms. The Labute approximate surface area is 177 Å². The molecule has 1 amide bonds. The first-order chi connectivity index (χ1) is 14.4. The van der Waals surface area contributed by atoms with Crippen molar-refractivity contribution in [3.05, 3.63) is 41.7 Å². The van der Waals surface area contributed by atoms with Gasteiger partial charge in [0, 0.05) is 50.6 Å². The first-order valence-corrected chi connectivity index (χ1v) is 10.7. The molecular weight excluding hydrogens is 381 g/mol. The van der Waals surface area contributed by atoms with Crippen LogP contribution >= 0.6 is 0 Å². The summed E-state index contributed by atoms with van der Waals surface area (Å²) in [5.74, 6) is 0.231. The molecule has 0 saturated carbocycles. The molecule has 3 heterocycles. The molecule has 1 N–H and O–H groups in total. The second-order valence-electron chi connectivity index (χ2n) is 8.79. The molecule has 1 aromatic carbocycles. The van der Waals surface area contributed by atoms with Gasteiger partial charge in [0.15, 0.2) is 0 Å². The highest BCUT2D eigenvalue weighted by molar-refractivity contribution is 6.46. The average molecular weight is 412 g/mol. The van der Waals surface area contributed by atoms with Crippen molar-refractivity contribution in [2.45, 2.75) is 38.9 Å². The molecule has 0 aliphatic carbocycles. The fraction of sp³-hybridized carbons (Fsp3) is 0.522. The van der Waals surface area contributed by atoms with E-state index in [1.165, 1.54) is 0 Å². The van der Waals surface area contributed by atoms with Crippen molar-refractivity contribution >= 4 is 11.6 Å². The Kier molecular flexibility index (Phi) is 5.99. The van der Waals surface area contributed by atoms with E-state index < -0.39 is 12.2 Å². The summed E-state index contributed by atoms with van der Waals surface area (Å²) in [4.78, 5) is 19.7. The summed E-state index contributed by atoms with van der Waals surface area (Å²) in [5, 5.41) is 7.16. The van der Waals surface area contributed by atoms with Crippen LogP contribution in [0.5, 0.6) is 0 Å². The van der Waals surface area contributed by atoms with Gasteiger partial charge >= 0.3 is 0 Å². The van der Waals surface area contributed by atoms with Gasteiger partial charge in [-0.1, -0.05) is 26.0 Å². The molecule has 0 spiro atoms. The zero-order valence-electron chi connectivity index (χ0n) is 17.9. The zero-order valence-corrected chi connectivity index (χ0v) is 17.9. The van der Waals surface area contributed by atoms with Crippen LogP contribution in [0.3, 0.4) is 0 Å². The Hall–Kier alpha value is -2.54. The zero-order chi connectivity index (χ0) is 21.3. The summed E-state index contributed by atoms with van der Waals surface area (Å²) in [6.07, 6.45) is 4.11. The Balaban J connectivity index is 1.49. The average Bonchev–Trinajstić information content (AvgIpc) is 3.15. The van der Waals surface area contributed by atoms with Crippen molar-refractivity contribution in [2.75, 3.05) is 26.2 Å². The summed E-state index contributed by atoms with van der Waals surface area (Å²) in [7, 11) is 1.88. The maximum atomic E-state index is 14.8. The van der Waals surface area contributed by atoms with Gasteiger partial charge < -0.3 is 10.2 Å². The molecule has 6 nitrogen and oxygen atoms in total. The van der Waals surface area contributed by atoms with E-state index in [0.717, 1.165) is 41.8 Å². The number of carbonyl (C=O) groups is 1. The van der Waals surface area contributed by atoms with E-state index in [0.29, 0.717) is 31.1 Å². The fourth-order valence-electron chi connectivity index (χ4n) is 4.38. The summed E-state index contributed by atoms with van der Waals surface area (Å²) in [5.41, 5.74) is 4.35. The number of carbonyl (C=O) groups excluding carboxylic acids is 1. The second kappa shape index (κ2) is 8.68. The molecule has 2 aliphatic heterocycles.